The largest absolute Gasteiger partial charge is 0.350 e. The fourth-order valence-electron chi connectivity index (χ4n) is 6.03. The normalized spacial score (nSPS) is 22.3. The first kappa shape index (κ1) is 32.3. The lowest BCUT2D eigenvalue weighted by Crippen LogP contribution is -2.59. The van der Waals surface area contributed by atoms with Gasteiger partial charge in [-0.2, -0.15) is 11.8 Å². The number of ketones is 1. The number of carbonyl (C=O) groups is 3. The minimum absolute atomic E-state index is 0.0447. The SMILES string of the molecule is CC(C)C[C@@H](C(=O)NN)[C@H](C(=O)NOC1CCCCO1)C(/C=C/c1ccccc1)(C(=O)[C@@H](C)N)C1CCSCC1. The minimum Gasteiger partial charge on any atom is -0.350 e. The van der Waals surface area contributed by atoms with Crippen LogP contribution in [0.2, 0.25) is 0 Å². The summed E-state index contributed by atoms with van der Waals surface area (Å²) in [6, 6.07) is 8.75. The highest BCUT2D eigenvalue weighted by atomic mass is 32.2. The van der Waals surface area contributed by atoms with E-state index in [1.807, 2.05) is 68.1 Å². The van der Waals surface area contributed by atoms with Gasteiger partial charge in [-0.25, -0.2) is 16.2 Å². The lowest BCUT2D eigenvalue weighted by Gasteiger charge is -2.47. The van der Waals surface area contributed by atoms with Gasteiger partial charge in [-0.05, 0) is 67.9 Å². The predicted octanol–water partition coefficient (Wildman–Crippen LogP) is 3.59. The number of amides is 2. The smallest absolute Gasteiger partial charge is 0.248 e. The summed E-state index contributed by atoms with van der Waals surface area (Å²) in [5.74, 6) is 3.87. The molecule has 10 heteroatoms. The summed E-state index contributed by atoms with van der Waals surface area (Å²) in [5.41, 5.74) is 10.7. The molecule has 2 aliphatic heterocycles. The van der Waals surface area contributed by atoms with Crippen molar-refractivity contribution in [3.05, 3.63) is 42.0 Å². The number of Topliss-reactive ketones (excluding diaryl/α,β-unsaturated/α-hetero) is 1. The highest BCUT2D eigenvalue weighted by Crippen LogP contribution is 2.50. The molecule has 3 rings (SSSR count). The minimum atomic E-state index is -1.38. The molecule has 2 fully saturated rings. The van der Waals surface area contributed by atoms with Gasteiger partial charge in [0.25, 0.3) is 0 Å². The molecule has 2 saturated heterocycles. The van der Waals surface area contributed by atoms with Crippen molar-refractivity contribution < 1.29 is 24.0 Å². The maximum absolute atomic E-state index is 14.4. The van der Waals surface area contributed by atoms with Gasteiger partial charge in [0.15, 0.2) is 12.1 Å². The summed E-state index contributed by atoms with van der Waals surface area (Å²) < 4.78 is 5.65. The highest BCUT2D eigenvalue weighted by Gasteiger charge is 2.57. The van der Waals surface area contributed by atoms with Crippen LogP contribution < -0.4 is 22.5 Å². The van der Waals surface area contributed by atoms with Gasteiger partial charge in [-0.1, -0.05) is 56.3 Å². The number of ether oxygens (including phenoxy) is 1. The summed E-state index contributed by atoms with van der Waals surface area (Å²) in [7, 11) is 0. The van der Waals surface area contributed by atoms with Gasteiger partial charge in [0.2, 0.25) is 11.8 Å². The zero-order chi connectivity index (χ0) is 29.1. The molecule has 0 radical (unpaired) electrons. The van der Waals surface area contributed by atoms with Crippen LogP contribution in [-0.2, 0) is 24.0 Å². The van der Waals surface area contributed by atoms with Gasteiger partial charge in [0, 0.05) is 13.0 Å². The molecule has 6 N–H and O–H groups in total. The Morgan fingerprint density at radius 1 is 1.10 bits per heavy atom. The summed E-state index contributed by atoms with van der Waals surface area (Å²) >= 11 is 1.82. The standard InChI is InChI=1S/C30H46N4O5S/c1-20(2)19-24(28(36)33-32)26(29(37)34-39-25-11-7-8-16-38-25)30(27(35)21(3)31,23-13-17-40-18-14-23)15-12-22-9-5-4-6-10-22/h4-6,9-10,12,15,20-21,23-26H,7-8,11,13-14,16-19,31-32H2,1-3H3,(H,33,36)(H,34,37)/b15-12+/t21-,24-,25?,26-,30?/m1/s1. The molecule has 222 valence electrons. The van der Waals surface area contributed by atoms with Crippen LogP contribution in [0.25, 0.3) is 6.08 Å². The van der Waals surface area contributed by atoms with Crippen LogP contribution in [0.15, 0.2) is 36.4 Å². The second-order valence-electron chi connectivity index (χ2n) is 11.3. The summed E-state index contributed by atoms with van der Waals surface area (Å²) in [5, 5.41) is 0. The van der Waals surface area contributed by atoms with Crippen LogP contribution in [0.5, 0.6) is 0 Å². The third kappa shape index (κ3) is 8.16. The molecular weight excluding hydrogens is 528 g/mol. The van der Waals surface area contributed by atoms with Gasteiger partial charge < -0.3 is 10.5 Å². The third-order valence-electron chi connectivity index (χ3n) is 7.92. The van der Waals surface area contributed by atoms with E-state index in [4.69, 9.17) is 21.2 Å². The molecule has 1 aromatic rings. The van der Waals surface area contributed by atoms with Crippen LogP contribution in [0.4, 0.5) is 0 Å². The number of hydrogen-bond acceptors (Lipinski definition) is 8. The number of nitrogens with two attached hydrogens (primary N) is 2. The first-order chi connectivity index (χ1) is 19.2. The van der Waals surface area contributed by atoms with E-state index in [1.54, 1.807) is 6.92 Å². The molecule has 0 aliphatic carbocycles. The Balaban J connectivity index is 2.20. The molecule has 2 aliphatic rings. The topological polar surface area (TPSA) is 146 Å². The number of carbonyl (C=O) groups excluding carboxylic acids is 3. The van der Waals surface area contributed by atoms with E-state index in [2.05, 4.69) is 10.9 Å². The summed E-state index contributed by atoms with van der Waals surface area (Å²) in [4.78, 5) is 47.9. The van der Waals surface area contributed by atoms with E-state index in [1.165, 1.54) is 0 Å². The molecule has 2 heterocycles. The summed E-state index contributed by atoms with van der Waals surface area (Å²) in [6.45, 7) is 6.14. The van der Waals surface area contributed by atoms with Crippen molar-refractivity contribution in [1.82, 2.24) is 10.9 Å². The van der Waals surface area contributed by atoms with Crippen LogP contribution in [0.3, 0.4) is 0 Å². The Morgan fingerprint density at radius 2 is 1.80 bits per heavy atom. The van der Waals surface area contributed by atoms with Crippen molar-refractivity contribution in [2.75, 3.05) is 18.1 Å². The number of nitrogens with one attached hydrogen (secondary N) is 2. The van der Waals surface area contributed by atoms with E-state index in [-0.39, 0.29) is 17.6 Å². The second-order valence-corrected chi connectivity index (χ2v) is 12.5. The lowest BCUT2D eigenvalue weighted by atomic mass is 9.56. The number of hydroxylamine groups is 1. The van der Waals surface area contributed by atoms with Crippen LogP contribution in [-0.4, -0.2) is 48.0 Å². The first-order valence-electron chi connectivity index (χ1n) is 14.4. The molecular formula is C30H46N4O5S. The molecule has 40 heavy (non-hydrogen) atoms. The molecule has 2 amide bonds. The number of hydrazine groups is 1. The van der Waals surface area contributed by atoms with Crippen molar-refractivity contribution >= 4 is 35.4 Å². The predicted molar refractivity (Wildman–Crippen MR) is 158 cm³/mol. The third-order valence-corrected chi connectivity index (χ3v) is 8.97. The van der Waals surface area contributed by atoms with Crippen LogP contribution in [0.1, 0.15) is 64.9 Å². The zero-order valence-electron chi connectivity index (χ0n) is 24.0. The lowest BCUT2D eigenvalue weighted by molar-refractivity contribution is -0.205. The average Bonchev–Trinajstić information content (AvgIpc) is 2.97. The van der Waals surface area contributed by atoms with Crippen LogP contribution >= 0.6 is 11.8 Å². The fraction of sp³-hybridized carbons (Fsp3) is 0.633. The number of hydrogen-bond donors (Lipinski definition) is 4. The van der Waals surface area contributed by atoms with E-state index >= 15 is 0 Å². The van der Waals surface area contributed by atoms with Crippen molar-refractivity contribution in [2.24, 2.45) is 40.7 Å². The van der Waals surface area contributed by atoms with Crippen molar-refractivity contribution in [3.63, 3.8) is 0 Å². The molecule has 0 spiro atoms. The van der Waals surface area contributed by atoms with Gasteiger partial charge in [-0.3, -0.25) is 19.8 Å². The van der Waals surface area contributed by atoms with Crippen molar-refractivity contribution in [3.8, 4) is 0 Å². The monoisotopic (exact) mass is 574 g/mol. The number of allylic oxidation sites excluding steroid dienone is 1. The first-order valence-corrected chi connectivity index (χ1v) is 15.6. The Kier molecular flexibility index (Phi) is 12.6. The van der Waals surface area contributed by atoms with Gasteiger partial charge >= 0.3 is 0 Å². The Hall–Kier alpha value is -2.24. The quantitative estimate of drug-likeness (QED) is 0.159. The maximum Gasteiger partial charge on any atom is 0.248 e. The van der Waals surface area contributed by atoms with Gasteiger partial charge in [0.05, 0.1) is 23.3 Å². The Morgan fingerprint density at radius 3 is 2.38 bits per heavy atom. The number of rotatable bonds is 13. The number of thioether (sulfide) groups is 1. The van der Waals surface area contributed by atoms with Crippen molar-refractivity contribution in [1.29, 1.82) is 0 Å². The maximum atomic E-state index is 14.4. The molecule has 5 atom stereocenters. The van der Waals surface area contributed by atoms with Crippen LogP contribution in [0, 0.1) is 29.1 Å². The zero-order valence-corrected chi connectivity index (χ0v) is 24.8. The van der Waals surface area contributed by atoms with Crippen molar-refractivity contribution in [2.45, 2.75) is 71.6 Å². The highest BCUT2D eigenvalue weighted by molar-refractivity contribution is 7.99. The molecule has 0 saturated carbocycles. The van der Waals surface area contributed by atoms with Gasteiger partial charge in [0.1, 0.15) is 0 Å². The van der Waals surface area contributed by atoms with E-state index in [0.717, 1.165) is 29.9 Å². The fourth-order valence-corrected chi connectivity index (χ4v) is 7.14. The summed E-state index contributed by atoms with van der Waals surface area (Å²) in [6.07, 6.45) is 7.37. The average molecular weight is 575 g/mol. The van der Waals surface area contributed by atoms with E-state index in [0.29, 0.717) is 32.3 Å². The Labute approximate surface area is 242 Å². The molecule has 0 bridgehead atoms. The van der Waals surface area contributed by atoms with E-state index in [9.17, 15) is 14.4 Å². The second kappa shape index (κ2) is 15.7. The molecule has 2 unspecified atom stereocenters. The van der Waals surface area contributed by atoms with Gasteiger partial charge in [-0.15, -0.1) is 0 Å². The number of benzene rings is 1. The molecule has 1 aromatic carbocycles. The Bertz CT molecular complexity index is 993. The molecule has 0 aromatic heterocycles. The molecule has 9 nitrogen and oxygen atoms in total. The van der Waals surface area contributed by atoms with E-state index < -0.39 is 41.4 Å².